The molecule has 0 radical (unpaired) electrons. The van der Waals surface area contributed by atoms with Gasteiger partial charge in [0.2, 0.25) is 0 Å². The highest BCUT2D eigenvalue weighted by Gasteiger charge is 2.23. The Morgan fingerprint density at radius 2 is 2.00 bits per heavy atom. The van der Waals surface area contributed by atoms with Crippen LogP contribution in [-0.4, -0.2) is 40.6 Å². The minimum absolute atomic E-state index is 0.0663. The Labute approximate surface area is 148 Å². The topological polar surface area (TPSA) is 65.5 Å². The molecule has 1 amide bonds. The lowest BCUT2D eigenvalue weighted by Crippen LogP contribution is -2.39. The zero-order valence-corrected chi connectivity index (χ0v) is 14.6. The zero-order chi connectivity index (χ0) is 17.6. The van der Waals surface area contributed by atoms with E-state index in [1.165, 1.54) is 0 Å². The molecule has 0 bridgehead atoms. The van der Waals surface area contributed by atoms with Crippen LogP contribution in [0.4, 0.5) is 5.69 Å². The first-order chi connectivity index (χ1) is 12.2. The van der Waals surface area contributed by atoms with Crippen molar-refractivity contribution in [2.75, 3.05) is 25.0 Å². The summed E-state index contributed by atoms with van der Waals surface area (Å²) in [5, 5.41) is 12.7. The summed E-state index contributed by atoms with van der Waals surface area (Å²) < 4.78 is 0. The van der Waals surface area contributed by atoms with Gasteiger partial charge in [0.25, 0.3) is 5.91 Å². The van der Waals surface area contributed by atoms with Crippen LogP contribution in [0.2, 0.25) is 0 Å². The Bertz CT molecular complexity index is 697. The van der Waals surface area contributed by atoms with Gasteiger partial charge in [-0.15, -0.1) is 0 Å². The lowest BCUT2D eigenvalue weighted by atomic mass is 9.97. The average Bonchev–Trinajstić information content (AvgIpc) is 2.68. The smallest absolute Gasteiger partial charge is 0.253 e. The zero-order valence-electron chi connectivity index (χ0n) is 14.6. The van der Waals surface area contributed by atoms with Crippen molar-refractivity contribution in [2.45, 2.75) is 25.8 Å². The standard InChI is InChI=1S/C20H25N3O2/c1-15(17-5-9-21-10-6-17)22-19-4-2-3-18(13-19)20(25)23-11-7-16(14-24)8-12-23/h2-6,9-10,13,15-16,22,24H,7-8,11-12,14H2,1H3. The number of hydrogen-bond acceptors (Lipinski definition) is 4. The number of rotatable bonds is 5. The number of aromatic nitrogens is 1. The fraction of sp³-hybridized carbons (Fsp3) is 0.400. The van der Waals surface area contributed by atoms with Crippen molar-refractivity contribution >= 4 is 11.6 Å². The monoisotopic (exact) mass is 339 g/mol. The van der Waals surface area contributed by atoms with Gasteiger partial charge in [0.1, 0.15) is 0 Å². The summed E-state index contributed by atoms with van der Waals surface area (Å²) in [6.45, 7) is 3.74. The minimum atomic E-state index is 0.0663. The number of aliphatic hydroxyl groups is 1. The molecule has 1 aromatic carbocycles. The number of aliphatic hydroxyl groups excluding tert-OH is 1. The number of benzene rings is 1. The minimum Gasteiger partial charge on any atom is -0.396 e. The molecule has 1 atom stereocenters. The van der Waals surface area contributed by atoms with Gasteiger partial charge in [-0.3, -0.25) is 9.78 Å². The number of hydrogen-bond donors (Lipinski definition) is 2. The normalized spacial score (nSPS) is 16.5. The fourth-order valence-electron chi connectivity index (χ4n) is 3.23. The SMILES string of the molecule is CC(Nc1cccc(C(=O)N2CCC(CO)CC2)c1)c1ccncc1. The molecule has 132 valence electrons. The maximum atomic E-state index is 12.7. The molecule has 5 heteroatoms. The molecule has 2 N–H and O–H groups in total. The third kappa shape index (κ3) is 4.37. The van der Waals surface area contributed by atoms with E-state index in [0.717, 1.165) is 37.2 Å². The Kier molecular flexibility index (Phi) is 5.66. The van der Waals surface area contributed by atoms with E-state index < -0.39 is 0 Å². The predicted octanol–water partition coefficient (Wildman–Crippen LogP) is 3.10. The summed E-state index contributed by atoms with van der Waals surface area (Å²) in [6.07, 6.45) is 5.31. The molecule has 3 rings (SSSR count). The molecule has 1 fully saturated rings. The van der Waals surface area contributed by atoms with E-state index in [1.807, 2.05) is 41.3 Å². The van der Waals surface area contributed by atoms with Gasteiger partial charge in [-0.25, -0.2) is 0 Å². The Morgan fingerprint density at radius 1 is 1.28 bits per heavy atom. The molecule has 5 nitrogen and oxygen atoms in total. The van der Waals surface area contributed by atoms with Gasteiger partial charge in [-0.05, 0) is 61.6 Å². The summed E-state index contributed by atoms with van der Waals surface area (Å²) >= 11 is 0. The van der Waals surface area contributed by atoms with Crippen LogP contribution in [0, 0.1) is 5.92 Å². The van der Waals surface area contributed by atoms with E-state index in [9.17, 15) is 9.90 Å². The second-order valence-corrected chi connectivity index (χ2v) is 6.65. The van der Waals surface area contributed by atoms with Gasteiger partial charge >= 0.3 is 0 Å². The van der Waals surface area contributed by atoms with E-state index >= 15 is 0 Å². The first-order valence-electron chi connectivity index (χ1n) is 8.84. The van der Waals surface area contributed by atoms with Crippen molar-refractivity contribution in [1.82, 2.24) is 9.88 Å². The number of carbonyl (C=O) groups is 1. The molecule has 1 aliphatic rings. The molecule has 0 aliphatic carbocycles. The van der Waals surface area contributed by atoms with Gasteiger partial charge in [0, 0.05) is 49.4 Å². The van der Waals surface area contributed by atoms with E-state index in [1.54, 1.807) is 12.4 Å². The summed E-state index contributed by atoms with van der Waals surface area (Å²) in [7, 11) is 0. The Balaban J connectivity index is 1.66. The van der Waals surface area contributed by atoms with Crippen LogP contribution in [0.1, 0.15) is 41.7 Å². The van der Waals surface area contributed by atoms with E-state index in [0.29, 0.717) is 11.5 Å². The van der Waals surface area contributed by atoms with Crippen molar-refractivity contribution in [3.8, 4) is 0 Å². The molecule has 1 aromatic heterocycles. The quantitative estimate of drug-likeness (QED) is 0.878. The highest BCUT2D eigenvalue weighted by Crippen LogP contribution is 2.22. The molecular formula is C20H25N3O2. The van der Waals surface area contributed by atoms with Gasteiger partial charge < -0.3 is 15.3 Å². The first kappa shape index (κ1) is 17.4. The number of pyridine rings is 1. The summed E-state index contributed by atoms with van der Waals surface area (Å²) in [6, 6.07) is 11.8. The van der Waals surface area contributed by atoms with Crippen molar-refractivity contribution in [2.24, 2.45) is 5.92 Å². The van der Waals surface area contributed by atoms with Gasteiger partial charge in [-0.2, -0.15) is 0 Å². The molecule has 0 spiro atoms. The highest BCUT2D eigenvalue weighted by molar-refractivity contribution is 5.95. The summed E-state index contributed by atoms with van der Waals surface area (Å²) in [5.74, 6) is 0.398. The maximum Gasteiger partial charge on any atom is 0.253 e. The second kappa shape index (κ2) is 8.12. The molecule has 1 aliphatic heterocycles. The molecule has 2 aromatic rings. The number of nitrogens with one attached hydrogen (secondary N) is 1. The number of carbonyl (C=O) groups excluding carboxylic acids is 1. The van der Waals surface area contributed by atoms with Crippen molar-refractivity contribution in [3.05, 3.63) is 59.9 Å². The molecule has 25 heavy (non-hydrogen) atoms. The van der Waals surface area contributed by atoms with Gasteiger partial charge in [0.05, 0.1) is 0 Å². The predicted molar refractivity (Wildman–Crippen MR) is 98.4 cm³/mol. The molecule has 0 saturated carbocycles. The van der Waals surface area contributed by atoms with E-state index in [4.69, 9.17) is 0 Å². The van der Waals surface area contributed by atoms with Crippen molar-refractivity contribution in [1.29, 1.82) is 0 Å². The van der Waals surface area contributed by atoms with Crippen LogP contribution < -0.4 is 5.32 Å². The van der Waals surface area contributed by atoms with Crippen LogP contribution in [-0.2, 0) is 0 Å². The third-order valence-corrected chi connectivity index (χ3v) is 4.86. The summed E-state index contributed by atoms with van der Waals surface area (Å²) in [5.41, 5.74) is 2.78. The first-order valence-corrected chi connectivity index (χ1v) is 8.84. The number of likely N-dealkylation sites (tertiary alicyclic amines) is 1. The van der Waals surface area contributed by atoms with Crippen LogP contribution in [0.25, 0.3) is 0 Å². The number of amides is 1. The number of nitrogens with zero attached hydrogens (tertiary/aromatic N) is 2. The van der Waals surface area contributed by atoms with E-state index in [2.05, 4.69) is 17.2 Å². The van der Waals surface area contributed by atoms with E-state index in [-0.39, 0.29) is 18.6 Å². The van der Waals surface area contributed by atoms with Gasteiger partial charge in [-0.1, -0.05) is 6.07 Å². The number of piperidine rings is 1. The van der Waals surface area contributed by atoms with Crippen LogP contribution >= 0.6 is 0 Å². The Morgan fingerprint density at radius 3 is 2.68 bits per heavy atom. The van der Waals surface area contributed by atoms with Crippen molar-refractivity contribution in [3.63, 3.8) is 0 Å². The van der Waals surface area contributed by atoms with Crippen LogP contribution in [0.3, 0.4) is 0 Å². The Hall–Kier alpha value is -2.40. The largest absolute Gasteiger partial charge is 0.396 e. The summed E-state index contributed by atoms with van der Waals surface area (Å²) in [4.78, 5) is 18.7. The van der Waals surface area contributed by atoms with Crippen LogP contribution in [0.15, 0.2) is 48.8 Å². The molecule has 1 saturated heterocycles. The second-order valence-electron chi connectivity index (χ2n) is 6.65. The molecule has 1 unspecified atom stereocenters. The van der Waals surface area contributed by atoms with Gasteiger partial charge in [0.15, 0.2) is 0 Å². The fourth-order valence-corrected chi connectivity index (χ4v) is 3.23. The van der Waals surface area contributed by atoms with Crippen molar-refractivity contribution < 1.29 is 9.90 Å². The lowest BCUT2D eigenvalue weighted by Gasteiger charge is -2.31. The average molecular weight is 339 g/mol. The molecule has 2 heterocycles. The van der Waals surface area contributed by atoms with Crippen LogP contribution in [0.5, 0.6) is 0 Å². The molecular weight excluding hydrogens is 314 g/mol. The highest BCUT2D eigenvalue weighted by atomic mass is 16.3. The number of anilines is 1. The maximum absolute atomic E-state index is 12.7. The third-order valence-electron chi connectivity index (χ3n) is 4.86. The lowest BCUT2D eigenvalue weighted by molar-refractivity contribution is 0.0651.